The van der Waals surface area contributed by atoms with Gasteiger partial charge in [-0.3, -0.25) is 14.6 Å². The molecule has 30 heavy (non-hydrogen) atoms. The molecule has 1 fully saturated rings. The van der Waals surface area contributed by atoms with E-state index < -0.39 is 30.9 Å². The number of hydrogen-bond donors (Lipinski definition) is 4. The second-order valence-electron chi connectivity index (χ2n) is 7.35. The summed E-state index contributed by atoms with van der Waals surface area (Å²) in [6.45, 7) is -0.0812. The summed E-state index contributed by atoms with van der Waals surface area (Å²) in [6, 6.07) is 8.97. The lowest BCUT2D eigenvalue weighted by Gasteiger charge is -2.22. The highest BCUT2D eigenvalue weighted by molar-refractivity contribution is 6.43. The molecule has 3 rings (SSSR count). The van der Waals surface area contributed by atoms with Gasteiger partial charge in [0.25, 0.3) is 5.91 Å². The lowest BCUT2D eigenvalue weighted by atomic mass is 9.76. The molecule has 0 bridgehead atoms. The second-order valence-corrected chi connectivity index (χ2v) is 7.35. The maximum absolute atomic E-state index is 12.7. The van der Waals surface area contributed by atoms with Crippen molar-refractivity contribution in [1.29, 1.82) is 0 Å². The number of aromatic nitrogens is 2. The highest BCUT2D eigenvalue weighted by Gasteiger charge is 2.42. The van der Waals surface area contributed by atoms with Crippen molar-refractivity contribution in [3.63, 3.8) is 0 Å². The Labute approximate surface area is 175 Å². The van der Waals surface area contributed by atoms with E-state index in [0.717, 1.165) is 6.42 Å². The lowest BCUT2D eigenvalue weighted by Crippen LogP contribution is -2.55. The molecular weight excluding hydrogens is 387 g/mol. The normalized spacial score (nSPS) is 19.4. The van der Waals surface area contributed by atoms with Gasteiger partial charge in [-0.05, 0) is 30.2 Å². The third-order valence-corrected chi connectivity index (χ3v) is 5.15. The molecule has 4 N–H and O–H groups in total. The molecule has 158 valence electrons. The van der Waals surface area contributed by atoms with Crippen molar-refractivity contribution in [1.82, 2.24) is 20.6 Å². The molecular formula is C20H25BN4O5. The zero-order valence-electron chi connectivity index (χ0n) is 16.6. The van der Waals surface area contributed by atoms with Crippen LogP contribution < -0.4 is 10.6 Å². The summed E-state index contributed by atoms with van der Waals surface area (Å²) >= 11 is 0. The van der Waals surface area contributed by atoms with E-state index in [1.54, 1.807) is 0 Å². The van der Waals surface area contributed by atoms with E-state index in [-0.39, 0.29) is 18.2 Å². The van der Waals surface area contributed by atoms with E-state index >= 15 is 0 Å². The maximum atomic E-state index is 12.7. The summed E-state index contributed by atoms with van der Waals surface area (Å²) in [5.74, 6) is -1.41. The Morgan fingerprint density at radius 2 is 2.00 bits per heavy atom. The van der Waals surface area contributed by atoms with Crippen LogP contribution in [0.1, 0.15) is 34.8 Å². The quantitative estimate of drug-likeness (QED) is 0.401. The summed E-state index contributed by atoms with van der Waals surface area (Å²) in [5.41, 5.74) is 1.27. The number of nitrogens with one attached hydrogen (secondary N) is 2. The van der Waals surface area contributed by atoms with Gasteiger partial charge in [0, 0.05) is 19.5 Å². The van der Waals surface area contributed by atoms with Gasteiger partial charge in [-0.15, -0.1) is 0 Å². The van der Waals surface area contributed by atoms with Crippen molar-refractivity contribution in [2.45, 2.75) is 30.7 Å². The summed E-state index contributed by atoms with van der Waals surface area (Å²) in [5, 5.41) is 24.7. The van der Waals surface area contributed by atoms with Gasteiger partial charge in [-0.2, -0.15) is 0 Å². The first-order chi connectivity index (χ1) is 14.5. The number of carbonyl (C=O) groups excluding carboxylic acids is 2. The van der Waals surface area contributed by atoms with Gasteiger partial charge in [-0.1, -0.05) is 30.3 Å². The van der Waals surface area contributed by atoms with Crippen molar-refractivity contribution >= 4 is 18.9 Å². The molecule has 2 amide bonds. The number of carbonyl (C=O) groups is 2. The van der Waals surface area contributed by atoms with Crippen LogP contribution in [0.4, 0.5) is 0 Å². The number of hydrogen-bond acceptors (Lipinski definition) is 7. The molecule has 10 heteroatoms. The molecule has 0 radical (unpaired) electrons. The van der Waals surface area contributed by atoms with E-state index in [9.17, 15) is 19.6 Å². The van der Waals surface area contributed by atoms with Crippen molar-refractivity contribution in [3.05, 3.63) is 60.2 Å². The summed E-state index contributed by atoms with van der Waals surface area (Å²) < 4.78 is 5.04. The monoisotopic (exact) mass is 412 g/mol. The van der Waals surface area contributed by atoms with Gasteiger partial charge in [-0.25, -0.2) is 4.98 Å². The molecule has 0 spiro atoms. The number of benzene rings is 1. The van der Waals surface area contributed by atoms with Crippen LogP contribution in [0.15, 0.2) is 48.9 Å². The van der Waals surface area contributed by atoms with Gasteiger partial charge in [0.05, 0.1) is 18.7 Å². The van der Waals surface area contributed by atoms with Crippen LogP contribution in [-0.2, 0) is 9.53 Å². The van der Waals surface area contributed by atoms with Gasteiger partial charge >= 0.3 is 7.12 Å². The van der Waals surface area contributed by atoms with Crippen LogP contribution in [0.2, 0.25) is 0 Å². The van der Waals surface area contributed by atoms with E-state index in [1.807, 2.05) is 30.3 Å². The number of ether oxygens (including phenoxy) is 1. The summed E-state index contributed by atoms with van der Waals surface area (Å²) in [4.78, 5) is 32.7. The molecule has 0 unspecified atom stereocenters. The second kappa shape index (κ2) is 10.3. The molecule has 1 aliphatic carbocycles. The van der Waals surface area contributed by atoms with E-state index in [4.69, 9.17) is 4.74 Å². The minimum absolute atomic E-state index is 0.0637. The van der Waals surface area contributed by atoms with Crippen LogP contribution in [0, 0.1) is 5.92 Å². The summed E-state index contributed by atoms with van der Waals surface area (Å²) in [7, 11) is -0.313. The standard InChI is InChI=1S/C20H25BN4O5/c1-30-12-17(24-19(26)16-11-22-7-8-23-16)20(27)25-18(21(28)29)10-14-9-15(14)13-5-3-2-4-6-13/h2-8,11,14-15,17-18,28-29H,9-10,12H2,1H3,(H,24,26)(H,25,27)/t14-,15-,17-,18+/m1/s1. The smallest absolute Gasteiger partial charge is 0.426 e. The molecule has 1 heterocycles. The van der Waals surface area contributed by atoms with Crippen LogP contribution >= 0.6 is 0 Å². The molecule has 2 aromatic rings. The fourth-order valence-electron chi connectivity index (χ4n) is 3.48. The first-order valence-electron chi connectivity index (χ1n) is 9.77. The molecule has 0 aliphatic heterocycles. The van der Waals surface area contributed by atoms with Crippen molar-refractivity contribution in [2.24, 2.45) is 5.92 Å². The first-order valence-corrected chi connectivity index (χ1v) is 9.77. The van der Waals surface area contributed by atoms with Crippen LogP contribution in [0.3, 0.4) is 0 Å². The van der Waals surface area contributed by atoms with E-state index in [2.05, 4.69) is 20.6 Å². The molecule has 9 nitrogen and oxygen atoms in total. The Bertz CT molecular complexity index is 840. The number of rotatable bonds is 10. The van der Waals surface area contributed by atoms with E-state index in [1.165, 1.54) is 31.3 Å². The van der Waals surface area contributed by atoms with Crippen molar-refractivity contribution in [3.8, 4) is 0 Å². The molecule has 1 aromatic carbocycles. The molecule has 1 aromatic heterocycles. The highest BCUT2D eigenvalue weighted by Crippen LogP contribution is 2.50. The molecule has 1 saturated carbocycles. The Morgan fingerprint density at radius 1 is 1.23 bits per heavy atom. The minimum Gasteiger partial charge on any atom is -0.426 e. The van der Waals surface area contributed by atoms with Crippen molar-refractivity contribution < 1.29 is 24.4 Å². The number of methoxy groups -OCH3 is 1. The van der Waals surface area contributed by atoms with Crippen LogP contribution in [0.5, 0.6) is 0 Å². The Morgan fingerprint density at radius 3 is 2.63 bits per heavy atom. The fourth-order valence-corrected chi connectivity index (χ4v) is 3.48. The Hall–Kier alpha value is -2.82. The topological polar surface area (TPSA) is 134 Å². The predicted octanol–water partition coefficient (Wildman–Crippen LogP) is -0.0880. The Kier molecular flexibility index (Phi) is 7.50. The number of nitrogens with zero attached hydrogens (tertiary/aromatic N) is 2. The zero-order chi connectivity index (χ0) is 21.5. The first kappa shape index (κ1) is 21.9. The number of amides is 2. The third kappa shape index (κ3) is 5.85. The molecule has 0 saturated heterocycles. The van der Waals surface area contributed by atoms with Crippen molar-refractivity contribution in [2.75, 3.05) is 13.7 Å². The largest absolute Gasteiger partial charge is 0.475 e. The fraction of sp³-hybridized carbons (Fsp3) is 0.400. The SMILES string of the molecule is COC[C@@H](NC(=O)c1cnccn1)C(=O)N[C@@H](C[C@H]1C[C@@H]1c1ccccc1)B(O)O. The summed E-state index contributed by atoms with van der Waals surface area (Å²) in [6.07, 6.45) is 5.43. The van der Waals surface area contributed by atoms with Gasteiger partial charge in [0.2, 0.25) is 5.91 Å². The van der Waals surface area contributed by atoms with Crippen LogP contribution in [0.25, 0.3) is 0 Å². The minimum atomic E-state index is -1.72. The lowest BCUT2D eigenvalue weighted by molar-refractivity contribution is -0.124. The highest BCUT2D eigenvalue weighted by atomic mass is 16.5. The third-order valence-electron chi connectivity index (χ3n) is 5.15. The van der Waals surface area contributed by atoms with E-state index in [0.29, 0.717) is 12.3 Å². The van der Waals surface area contributed by atoms with Gasteiger partial charge in [0.15, 0.2) is 0 Å². The van der Waals surface area contributed by atoms with Gasteiger partial charge in [0.1, 0.15) is 11.7 Å². The molecule has 4 atom stereocenters. The predicted molar refractivity (Wildman–Crippen MR) is 109 cm³/mol. The molecule has 1 aliphatic rings. The Balaban J connectivity index is 1.59. The maximum Gasteiger partial charge on any atom is 0.475 e. The zero-order valence-corrected chi connectivity index (χ0v) is 16.6. The van der Waals surface area contributed by atoms with Crippen LogP contribution in [-0.4, -0.2) is 64.6 Å². The average Bonchev–Trinajstić information content (AvgIpc) is 3.53. The van der Waals surface area contributed by atoms with Gasteiger partial charge < -0.3 is 25.4 Å². The average molecular weight is 412 g/mol.